The van der Waals surface area contributed by atoms with Gasteiger partial charge < -0.3 is 15.5 Å². The lowest BCUT2D eigenvalue weighted by molar-refractivity contribution is 0.0956. The number of rotatable bonds is 5. The van der Waals surface area contributed by atoms with Crippen LogP contribution in [0.3, 0.4) is 0 Å². The standard InChI is InChI=1S/C18H21FN8O/c1-20-17(28)14-5-4-13-16(21-15-8-12(23-24-15)10-2-3-10)22-18(25-27(13)14)26-7-6-11(19)9-26/h4-5,8,10-11H,2-3,6-7,9H2,1H3,(H,20,28)(H2,21,22,23,24,25)/t11-/m0/s1. The third-order valence-electron chi connectivity index (χ3n) is 5.23. The number of nitrogens with one attached hydrogen (secondary N) is 3. The smallest absolute Gasteiger partial charge is 0.269 e. The summed E-state index contributed by atoms with van der Waals surface area (Å²) in [5.74, 6) is 1.87. The second kappa shape index (κ2) is 6.47. The van der Waals surface area contributed by atoms with Gasteiger partial charge in [0.1, 0.15) is 17.4 Å². The summed E-state index contributed by atoms with van der Waals surface area (Å²) < 4.78 is 15.3. The van der Waals surface area contributed by atoms with Crippen LogP contribution in [0.15, 0.2) is 18.2 Å². The summed E-state index contributed by atoms with van der Waals surface area (Å²) in [4.78, 5) is 18.6. The number of anilines is 3. The fourth-order valence-electron chi connectivity index (χ4n) is 3.54. The van der Waals surface area contributed by atoms with Crippen LogP contribution in [0.1, 0.15) is 41.4 Å². The molecule has 28 heavy (non-hydrogen) atoms. The van der Waals surface area contributed by atoms with Crippen LogP contribution < -0.4 is 15.5 Å². The Labute approximate surface area is 160 Å². The van der Waals surface area contributed by atoms with Crippen molar-refractivity contribution in [2.75, 3.05) is 30.4 Å². The quantitative estimate of drug-likeness (QED) is 0.622. The molecule has 146 valence electrons. The zero-order valence-electron chi connectivity index (χ0n) is 15.4. The summed E-state index contributed by atoms with van der Waals surface area (Å²) in [7, 11) is 1.57. The summed E-state index contributed by atoms with van der Waals surface area (Å²) in [6.45, 7) is 0.784. The van der Waals surface area contributed by atoms with Gasteiger partial charge in [-0.05, 0) is 31.4 Å². The fourth-order valence-corrected chi connectivity index (χ4v) is 3.54. The molecule has 0 bridgehead atoms. The van der Waals surface area contributed by atoms with Gasteiger partial charge in [-0.3, -0.25) is 9.89 Å². The molecule has 0 spiro atoms. The predicted molar refractivity (Wildman–Crippen MR) is 102 cm³/mol. The van der Waals surface area contributed by atoms with E-state index in [1.165, 1.54) is 12.8 Å². The van der Waals surface area contributed by atoms with Crippen molar-refractivity contribution in [3.8, 4) is 0 Å². The highest BCUT2D eigenvalue weighted by Crippen LogP contribution is 2.39. The molecule has 10 heteroatoms. The summed E-state index contributed by atoms with van der Waals surface area (Å²) >= 11 is 0. The Morgan fingerprint density at radius 1 is 1.32 bits per heavy atom. The number of aromatic nitrogens is 5. The molecule has 1 saturated carbocycles. The first-order valence-electron chi connectivity index (χ1n) is 9.45. The Kier molecular flexibility index (Phi) is 3.92. The molecular formula is C18H21FN8O. The minimum atomic E-state index is -0.897. The average molecular weight is 384 g/mol. The summed E-state index contributed by atoms with van der Waals surface area (Å²) in [6.07, 6.45) is 1.90. The van der Waals surface area contributed by atoms with E-state index in [2.05, 4.69) is 30.9 Å². The number of amides is 1. The summed E-state index contributed by atoms with van der Waals surface area (Å²) in [5, 5.41) is 17.7. The van der Waals surface area contributed by atoms with E-state index in [9.17, 15) is 9.18 Å². The van der Waals surface area contributed by atoms with Crippen LogP contribution in [0.25, 0.3) is 5.52 Å². The van der Waals surface area contributed by atoms with Crippen LogP contribution in [-0.2, 0) is 0 Å². The van der Waals surface area contributed by atoms with Gasteiger partial charge in [-0.25, -0.2) is 8.91 Å². The van der Waals surface area contributed by atoms with Crippen molar-refractivity contribution in [1.29, 1.82) is 0 Å². The molecule has 0 unspecified atom stereocenters. The SMILES string of the molecule is CNC(=O)c1ccc2c(Nc3cc(C4CC4)[nH]n3)nc(N3CC[C@H](F)C3)nn12. The molecule has 1 saturated heterocycles. The molecule has 3 aromatic rings. The van der Waals surface area contributed by atoms with Crippen LogP contribution in [0.4, 0.5) is 22.0 Å². The number of hydrogen-bond donors (Lipinski definition) is 3. The van der Waals surface area contributed by atoms with Crippen molar-refractivity contribution in [2.45, 2.75) is 31.4 Å². The van der Waals surface area contributed by atoms with Gasteiger partial charge in [0.15, 0.2) is 11.6 Å². The number of nitrogens with zero attached hydrogens (tertiary/aromatic N) is 5. The third kappa shape index (κ3) is 2.94. The van der Waals surface area contributed by atoms with E-state index < -0.39 is 6.17 Å². The normalized spacial score (nSPS) is 19.4. The van der Waals surface area contributed by atoms with Crippen molar-refractivity contribution >= 4 is 29.0 Å². The zero-order valence-corrected chi connectivity index (χ0v) is 15.4. The topological polar surface area (TPSA) is 103 Å². The zero-order chi connectivity index (χ0) is 19.3. The van der Waals surface area contributed by atoms with Crippen LogP contribution >= 0.6 is 0 Å². The maximum atomic E-state index is 13.7. The summed E-state index contributed by atoms with van der Waals surface area (Å²) in [5.41, 5.74) is 2.14. The fraction of sp³-hybridized carbons (Fsp3) is 0.444. The third-order valence-corrected chi connectivity index (χ3v) is 5.23. The van der Waals surface area contributed by atoms with Crippen LogP contribution in [0, 0.1) is 0 Å². The largest absolute Gasteiger partial charge is 0.354 e. The first-order valence-corrected chi connectivity index (χ1v) is 9.45. The number of hydrogen-bond acceptors (Lipinski definition) is 6. The molecule has 0 aromatic carbocycles. The van der Waals surface area contributed by atoms with Crippen molar-refractivity contribution in [1.82, 2.24) is 30.1 Å². The highest BCUT2D eigenvalue weighted by Gasteiger charge is 2.27. The monoisotopic (exact) mass is 384 g/mol. The second-order valence-corrected chi connectivity index (χ2v) is 7.29. The molecular weight excluding hydrogens is 363 g/mol. The van der Waals surface area contributed by atoms with E-state index >= 15 is 0 Å². The van der Waals surface area contributed by atoms with Crippen LogP contribution in [0.2, 0.25) is 0 Å². The molecule has 4 heterocycles. The number of carbonyl (C=O) groups is 1. The number of fused-ring (bicyclic) bond motifs is 1. The molecule has 1 aliphatic carbocycles. The van der Waals surface area contributed by atoms with Gasteiger partial charge in [-0.15, -0.1) is 5.10 Å². The van der Waals surface area contributed by atoms with Crippen molar-refractivity contribution < 1.29 is 9.18 Å². The van der Waals surface area contributed by atoms with Crippen LogP contribution in [0.5, 0.6) is 0 Å². The van der Waals surface area contributed by atoms with E-state index in [-0.39, 0.29) is 12.5 Å². The van der Waals surface area contributed by atoms with Crippen molar-refractivity contribution in [3.05, 3.63) is 29.6 Å². The molecule has 5 rings (SSSR count). The first-order chi connectivity index (χ1) is 13.6. The van der Waals surface area contributed by atoms with E-state index in [4.69, 9.17) is 0 Å². The molecule has 1 aliphatic heterocycles. The van der Waals surface area contributed by atoms with Gasteiger partial charge in [0, 0.05) is 31.3 Å². The number of halogens is 1. The Morgan fingerprint density at radius 2 is 2.18 bits per heavy atom. The minimum Gasteiger partial charge on any atom is -0.354 e. The number of aromatic amines is 1. The van der Waals surface area contributed by atoms with Crippen molar-refractivity contribution in [2.24, 2.45) is 0 Å². The highest BCUT2D eigenvalue weighted by atomic mass is 19.1. The maximum absolute atomic E-state index is 13.7. The van der Waals surface area contributed by atoms with Gasteiger partial charge in [0.2, 0.25) is 5.95 Å². The molecule has 3 N–H and O–H groups in total. The molecule has 9 nitrogen and oxygen atoms in total. The van der Waals surface area contributed by atoms with E-state index in [1.54, 1.807) is 28.6 Å². The Hall–Kier alpha value is -3.17. The maximum Gasteiger partial charge on any atom is 0.269 e. The molecule has 1 amide bonds. The number of H-pyrrole nitrogens is 1. The molecule has 0 radical (unpaired) electrons. The van der Waals surface area contributed by atoms with E-state index in [1.807, 2.05) is 6.07 Å². The molecule has 2 aliphatic rings. The molecule has 2 fully saturated rings. The Bertz CT molecular complexity index is 1040. The minimum absolute atomic E-state index is 0.246. The Morgan fingerprint density at radius 3 is 2.89 bits per heavy atom. The van der Waals surface area contributed by atoms with Gasteiger partial charge in [0.25, 0.3) is 5.91 Å². The first kappa shape index (κ1) is 17.0. The number of alkyl halides is 1. The highest BCUT2D eigenvalue weighted by molar-refractivity contribution is 5.94. The average Bonchev–Trinajstić information content (AvgIpc) is 3.08. The lowest BCUT2D eigenvalue weighted by Crippen LogP contribution is -2.25. The lowest BCUT2D eigenvalue weighted by Gasteiger charge is -2.17. The van der Waals surface area contributed by atoms with Gasteiger partial charge in [0.05, 0.1) is 6.54 Å². The Balaban J connectivity index is 1.56. The molecule has 3 aromatic heterocycles. The van der Waals surface area contributed by atoms with Crippen molar-refractivity contribution in [3.63, 3.8) is 0 Å². The summed E-state index contributed by atoms with van der Waals surface area (Å²) in [6, 6.07) is 5.46. The number of carbonyl (C=O) groups excluding carboxylic acids is 1. The molecule has 1 atom stereocenters. The predicted octanol–water partition coefficient (Wildman–Crippen LogP) is 1.98. The second-order valence-electron chi connectivity index (χ2n) is 7.29. The van der Waals surface area contributed by atoms with Gasteiger partial charge >= 0.3 is 0 Å². The van der Waals surface area contributed by atoms with E-state index in [0.717, 1.165) is 5.69 Å². The van der Waals surface area contributed by atoms with Crippen LogP contribution in [-0.4, -0.2) is 57.0 Å². The van der Waals surface area contributed by atoms with Gasteiger partial charge in [-0.1, -0.05) is 0 Å². The van der Waals surface area contributed by atoms with Gasteiger partial charge in [-0.2, -0.15) is 10.1 Å². The lowest BCUT2D eigenvalue weighted by atomic mass is 10.3. The van der Waals surface area contributed by atoms with E-state index in [0.29, 0.717) is 47.7 Å².